The van der Waals surface area contributed by atoms with Gasteiger partial charge in [0.25, 0.3) is 0 Å². The van der Waals surface area contributed by atoms with Crippen molar-refractivity contribution in [2.24, 2.45) is 0 Å². The number of rotatable bonds is 7. The molecule has 18 heavy (non-hydrogen) atoms. The van der Waals surface area contributed by atoms with E-state index >= 15 is 0 Å². The number of nitrogens with one attached hydrogen (secondary N) is 2. The molecule has 2 N–H and O–H groups in total. The van der Waals surface area contributed by atoms with Gasteiger partial charge >= 0.3 is 0 Å². The van der Waals surface area contributed by atoms with Gasteiger partial charge in [0.2, 0.25) is 11.8 Å². The minimum Gasteiger partial charge on any atom is -0.354 e. The van der Waals surface area contributed by atoms with Crippen molar-refractivity contribution in [2.45, 2.75) is 32.2 Å². The third-order valence-corrected chi connectivity index (χ3v) is 3.88. The van der Waals surface area contributed by atoms with Gasteiger partial charge in [0.05, 0.1) is 5.88 Å². The first-order valence-corrected chi connectivity index (χ1v) is 7.65. The molecule has 1 rings (SSSR count). The third-order valence-electron chi connectivity index (χ3n) is 2.87. The Labute approximate surface area is 113 Å². The molecule has 0 aliphatic carbocycles. The van der Waals surface area contributed by atoms with Gasteiger partial charge in [0, 0.05) is 18.7 Å². The number of nitrogens with zero attached hydrogens (tertiary/aromatic N) is 1. The second kappa shape index (κ2) is 8.37. The van der Waals surface area contributed by atoms with Gasteiger partial charge < -0.3 is 15.5 Å². The van der Waals surface area contributed by atoms with Crippen LogP contribution in [0.1, 0.15) is 26.2 Å². The molecule has 1 fully saturated rings. The van der Waals surface area contributed by atoms with Crippen molar-refractivity contribution in [1.82, 2.24) is 15.5 Å². The Hall–Kier alpha value is -0.750. The summed E-state index contributed by atoms with van der Waals surface area (Å²) in [6.45, 7) is 3.53. The molecule has 1 heterocycles. The molecule has 5 nitrogen and oxygen atoms in total. The van der Waals surface area contributed by atoms with Crippen molar-refractivity contribution in [3.8, 4) is 0 Å². The maximum Gasteiger partial charge on any atom is 0.243 e. The predicted octanol–water partition coefficient (Wildman–Crippen LogP) is 0.414. The van der Waals surface area contributed by atoms with Crippen LogP contribution in [0.3, 0.4) is 0 Å². The minimum absolute atomic E-state index is 0.0134. The fourth-order valence-electron chi connectivity index (χ4n) is 1.86. The summed E-state index contributed by atoms with van der Waals surface area (Å²) in [5.74, 6) is 1.44. The third kappa shape index (κ3) is 4.49. The number of carbonyl (C=O) groups excluding carboxylic acids is 2. The van der Waals surface area contributed by atoms with Gasteiger partial charge in [-0.1, -0.05) is 6.92 Å². The Kier molecular flexibility index (Phi) is 7.12. The molecule has 0 aromatic carbocycles. The van der Waals surface area contributed by atoms with Crippen molar-refractivity contribution in [1.29, 1.82) is 0 Å². The largest absolute Gasteiger partial charge is 0.354 e. The summed E-state index contributed by atoms with van der Waals surface area (Å²) < 4.78 is 0. The molecule has 1 saturated heterocycles. The van der Waals surface area contributed by atoms with Crippen LogP contribution in [0.4, 0.5) is 0 Å². The lowest BCUT2D eigenvalue weighted by molar-refractivity contribution is -0.138. The summed E-state index contributed by atoms with van der Waals surface area (Å²) in [7, 11) is 1.89. The number of hydrogen-bond donors (Lipinski definition) is 2. The minimum atomic E-state index is -0.274. The Morgan fingerprint density at radius 2 is 2.17 bits per heavy atom. The summed E-state index contributed by atoms with van der Waals surface area (Å²) in [6.07, 6.45) is 2.27. The van der Waals surface area contributed by atoms with E-state index in [0.717, 1.165) is 19.4 Å². The molecule has 0 radical (unpaired) electrons. The zero-order valence-corrected chi connectivity index (χ0v) is 12.0. The fourth-order valence-corrected chi connectivity index (χ4v) is 3.04. The van der Waals surface area contributed by atoms with E-state index in [9.17, 15) is 9.59 Å². The Bertz CT molecular complexity index is 286. The van der Waals surface area contributed by atoms with Crippen molar-refractivity contribution in [3.05, 3.63) is 0 Å². The molecule has 0 saturated carbocycles. The summed E-state index contributed by atoms with van der Waals surface area (Å²) in [5, 5.41) is 5.93. The molecule has 1 aliphatic heterocycles. The van der Waals surface area contributed by atoms with Crippen LogP contribution in [-0.2, 0) is 9.59 Å². The highest BCUT2D eigenvalue weighted by molar-refractivity contribution is 7.99. The van der Waals surface area contributed by atoms with Crippen LogP contribution >= 0.6 is 11.8 Å². The van der Waals surface area contributed by atoms with E-state index in [-0.39, 0.29) is 17.9 Å². The molecule has 0 bridgehead atoms. The van der Waals surface area contributed by atoms with Gasteiger partial charge in [-0.3, -0.25) is 9.59 Å². The maximum atomic E-state index is 12.0. The van der Waals surface area contributed by atoms with Crippen LogP contribution in [0.2, 0.25) is 0 Å². The summed E-state index contributed by atoms with van der Waals surface area (Å²) in [4.78, 5) is 25.6. The maximum absolute atomic E-state index is 12.0. The second-order valence-electron chi connectivity index (χ2n) is 4.38. The zero-order valence-electron chi connectivity index (χ0n) is 11.2. The first-order chi connectivity index (χ1) is 8.70. The van der Waals surface area contributed by atoms with Gasteiger partial charge in [-0.25, -0.2) is 0 Å². The van der Waals surface area contributed by atoms with Crippen LogP contribution in [0.15, 0.2) is 0 Å². The number of thioether (sulfide) groups is 1. The second-order valence-corrected chi connectivity index (χ2v) is 5.38. The molecular formula is C12H23N3O2S. The quantitative estimate of drug-likeness (QED) is 0.660. The van der Waals surface area contributed by atoms with Crippen LogP contribution < -0.4 is 10.6 Å². The summed E-state index contributed by atoms with van der Waals surface area (Å²) in [6, 6.07) is -0.274. The highest BCUT2D eigenvalue weighted by atomic mass is 32.2. The van der Waals surface area contributed by atoms with Gasteiger partial charge in [-0.15, -0.1) is 11.8 Å². The van der Waals surface area contributed by atoms with Crippen molar-refractivity contribution in [2.75, 3.05) is 31.8 Å². The van der Waals surface area contributed by atoms with Crippen LogP contribution in [0.5, 0.6) is 0 Å². The molecule has 1 atom stereocenters. The smallest absolute Gasteiger partial charge is 0.243 e. The van der Waals surface area contributed by atoms with Crippen LogP contribution in [-0.4, -0.2) is 54.5 Å². The Morgan fingerprint density at radius 3 is 2.83 bits per heavy atom. The molecule has 0 spiro atoms. The van der Waals surface area contributed by atoms with Gasteiger partial charge in [-0.05, 0) is 26.4 Å². The van der Waals surface area contributed by atoms with Crippen molar-refractivity contribution in [3.63, 3.8) is 0 Å². The standard InChI is InChI=1S/C12H23N3O2S/c1-3-5-11(16)15-9-18-8-10(15)12(17)14-7-4-6-13-2/h10,13H,3-9H2,1-2H3,(H,14,17). The summed E-state index contributed by atoms with van der Waals surface area (Å²) >= 11 is 1.65. The van der Waals surface area contributed by atoms with Gasteiger partial charge in [-0.2, -0.15) is 0 Å². The molecule has 1 aliphatic rings. The summed E-state index contributed by atoms with van der Waals surface area (Å²) in [5.41, 5.74) is 0. The first kappa shape index (κ1) is 15.3. The van der Waals surface area contributed by atoms with E-state index in [1.807, 2.05) is 14.0 Å². The fraction of sp³-hybridized carbons (Fsp3) is 0.833. The molecule has 0 aromatic rings. The molecule has 6 heteroatoms. The van der Waals surface area contributed by atoms with E-state index in [1.165, 1.54) is 0 Å². The van der Waals surface area contributed by atoms with E-state index in [1.54, 1.807) is 16.7 Å². The lowest BCUT2D eigenvalue weighted by atomic mass is 10.2. The average molecular weight is 273 g/mol. The first-order valence-electron chi connectivity index (χ1n) is 6.50. The van der Waals surface area contributed by atoms with Crippen LogP contribution in [0.25, 0.3) is 0 Å². The average Bonchev–Trinajstić information content (AvgIpc) is 2.84. The van der Waals surface area contributed by atoms with E-state index in [2.05, 4.69) is 10.6 Å². The monoisotopic (exact) mass is 273 g/mol. The number of hydrogen-bond acceptors (Lipinski definition) is 4. The Morgan fingerprint density at radius 1 is 1.39 bits per heavy atom. The lowest BCUT2D eigenvalue weighted by Crippen LogP contribution is -2.47. The normalized spacial score (nSPS) is 19.0. The molecule has 0 aromatic heterocycles. The number of amides is 2. The topological polar surface area (TPSA) is 61.4 Å². The van der Waals surface area contributed by atoms with Gasteiger partial charge in [0.15, 0.2) is 0 Å². The van der Waals surface area contributed by atoms with Crippen molar-refractivity contribution >= 4 is 23.6 Å². The molecule has 2 amide bonds. The highest BCUT2D eigenvalue weighted by Gasteiger charge is 2.33. The Balaban J connectivity index is 2.38. The SMILES string of the molecule is CCCC(=O)N1CSCC1C(=O)NCCCNC. The highest BCUT2D eigenvalue weighted by Crippen LogP contribution is 2.22. The lowest BCUT2D eigenvalue weighted by Gasteiger charge is -2.22. The van der Waals surface area contributed by atoms with E-state index in [0.29, 0.717) is 24.6 Å². The zero-order chi connectivity index (χ0) is 13.4. The van der Waals surface area contributed by atoms with Gasteiger partial charge in [0.1, 0.15) is 6.04 Å². The molecule has 1 unspecified atom stereocenters. The number of carbonyl (C=O) groups is 2. The molecule has 104 valence electrons. The van der Waals surface area contributed by atoms with Crippen molar-refractivity contribution < 1.29 is 9.59 Å². The van der Waals surface area contributed by atoms with E-state index in [4.69, 9.17) is 0 Å². The van der Waals surface area contributed by atoms with E-state index < -0.39 is 0 Å². The van der Waals surface area contributed by atoms with Crippen LogP contribution in [0, 0.1) is 0 Å². The molecular weight excluding hydrogens is 250 g/mol. The predicted molar refractivity (Wildman–Crippen MR) is 74.4 cm³/mol.